The zero-order chi connectivity index (χ0) is 12.1. The summed E-state index contributed by atoms with van der Waals surface area (Å²) in [5, 5.41) is 12.4. The Bertz CT molecular complexity index is 867. The molecule has 0 unspecified atom stereocenters. The van der Waals surface area contributed by atoms with Crippen LogP contribution >= 0.6 is 0 Å². The first-order valence-corrected chi connectivity index (χ1v) is 5.24. The summed E-state index contributed by atoms with van der Waals surface area (Å²) in [6.45, 7) is 0. The number of rotatable bonds is 1. The van der Waals surface area contributed by atoms with E-state index in [9.17, 15) is 0 Å². The lowest BCUT2D eigenvalue weighted by Gasteiger charge is -2.06. The van der Waals surface area contributed by atoms with Gasteiger partial charge in [-0.15, -0.1) is 5.10 Å². The topological polar surface area (TPSA) is 93.9 Å². The van der Waals surface area contributed by atoms with Crippen molar-refractivity contribution in [3.8, 4) is 5.88 Å². The van der Waals surface area contributed by atoms with Crippen LogP contribution in [0.3, 0.4) is 0 Å². The van der Waals surface area contributed by atoms with Crippen LogP contribution in [0.4, 0.5) is 0 Å². The van der Waals surface area contributed by atoms with E-state index in [4.69, 9.17) is 4.74 Å². The lowest BCUT2D eigenvalue weighted by Crippen LogP contribution is -1.99. The van der Waals surface area contributed by atoms with Gasteiger partial charge in [-0.3, -0.25) is 5.10 Å². The van der Waals surface area contributed by atoms with Gasteiger partial charge in [-0.1, -0.05) is 0 Å². The first-order chi connectivity index (χ1) is 8.88. The summed E-state index contributed by atoms with van der Waals surface area (Å²) in [7, 11) is 1.57. The highest BCUT2D eigenvalue weighted by atomic mass is 16.5. The van der Waals surface area contributed by atoms with Gasteiger partial charge in [0.2, 0.25) is 5.88 Å². The van der Waals surface area contributed by atoms with E-state index in [1.807, 2.05) is 0 Å². The predicted molar refractivity (Wildman–Crippen MR) is 62.3 cm³/mol. The third-order valence-corrected chi connectivity index (χ3v) is 2.82. The van der Waals surface area contributed by atoms with E-state index < -0.39 is 0 Å². The van der Waals surface area contributed by atoms with Gasteiger partial charge in [0.1, 0.15) is 6.33 Å². The highest BCUT2D eigenvalue weighted by Gasteiger charge is 2.14. The second kappa shape index (κ2) is 3.13. The van der Waals surface area contributed by atoms with E-state index in [0.717, 1.165) is 16.3 Å². The van der Waals surface area contributed by atoms with Crippen LogP contribution in [0, 0.1) is 0 Å². The monoisotopic (exact) mass is 241 g/mol. The van der Waals surface area contributed by atoms with Gasteiger partial charge in [-0.05, 0) is 0 Å². The standard InChI is InChI=1S/C10H7N7O/c1-18-9-6-2-11-8-5(3-13-16-8)7(6)17-10(15-9)12-4-14-17/h2-4H,1H3,(H,12,14,15). The number of methoxy groups -OCH3 is 1. The number of hydrogen-bond donors (Lipinski definition) is 1. The smallest absolute Gasteiger partial charge is 0.254 e. The molecular formula is C10H7N7O. The van der Waals surface area contributed by atoms with Crippen molar-refractivity contribution in [3.63, 3.8) is 0 Å². The molecule has 4 heterocycles. The fraction of sp³-hybridized carbons (Fsp3) is 0.100. The van der Waals surface area contributed by atoms with Gasteiger partial charge in [0.15, 0.2) is 5.65 Å². The molecule has 4 rings (SSSR count). The van der Waals surface area contributed by atoms with Gasteiger partial charge in [-0.2, -0.15) is 10.1 Å². The summed E-state index contributed by atoms with van der Waals surface area (Å²) in [4.78, 5) is 12.6. The molecule has 0 atom stereocenters. The average Bonchev–Trinajstić information content (AvgIpc) is 3.05. The van der Waals surface area contributed by atoms with E-state index >= 15 is 0 Å². The molecule has 0 bridgehead atoms. The maximum atomic E-state index is 5.27. The van der Waals surface area contributed by atoms with Gasteiger partial charge in [0.25, 0.3) is 5.78 Å². The fourth-order valence-corrected chi connectivity index (χ4v) is 2.05. The number of aromatic amines is 1. The highest BCUT2D eigenvalue weighted by molar-refractivity contribution is 6.03. The second-order valence-electron chi connectivity index (χ2n) is 3.75. The molecule has 0 saturated carbocycles. The molecule has 8 nitrogen and oxygen atoms in total. The Hall–Kier alpha value is -2.77. The first-order valence-electron chi connectivity index (χ1n) is 5.24. The summed E-state index contributed by atoms with van der Waals surface area (Å²) in [5.41, 5.74) is 1.43. The number of fused-ring (bicyclic) bond motifs is 5. The fourth-order valence-electron chi connectivity index (χ4n) is 2.05. The Morgan fingerprint density at radius 1 is 1.22 bits per heavy atom. The van der Waals surface area contributed by atoms with Gasteiger partial charge in [-0.25, -0.2) is 14.5 Å². The van der Waals surface area contributed by atoms with Crippen LogP contribution in [-0.2, 0) is 0 Å². The summed E-state index contributed by atoms with van der Waals surface area (Å²) < 4.78 is 7.03. The van der Waals surface area contributed by atoms with Crippen molar-refractivity contribution in [1.29, 1.82) is 0 Å². The largest absolute Gasteiger partial charge is 0.480 e. The van der Waals surface area contributed by atoms with E-state index in [2.05, 4.69) is 30.2 Å². The van der Waals surface area contributed by atoms with E-state index in [1.54, 1.807) is 30.3 Å². The van der Waals surface area contributed by atoms with Gasteiger partial charge >= 0.3 is 0 Å². The lowest BCUT2D eigenvalue weighted by atomic mass is 10.2. The van der Waals surface area contributed by atoms with Crippen molar-refractivity contribution in [3.05, 3.63) is 18.7 Å². The maximum absolute atomic E-state index is 5.27. The Kier molecular flexibility index (Phi) is 1.61. The van der Waals surface area contributed by atoms with Crippen molar-refractivity contribution in [2.24, 2.45) is 0 Å². The molecule has 0 amide bonds. The maximum Gasteiger partial charge on any atom is 0.254 e. The SMILES string of the molecule is COc1nc2nc[nH]n2c2c1cnc1nncc12. The molecule has 0 spiro atoms. The van der Waals surface area contributed by atoms with Crippen molar-refractivity contribution in [1.82, 2.24) is 34.8 Å². The van der Waals surface area contributed by atoms with Crippen LogP contribution in [0.15, 0.2) is 18.7 Å². The third-order valence-electron chi connectivity index (χ3n) is 2.82. The molecular weight excluding hydrogens is 234 g/mol. The number of H-pyrrole nitrogens is 1. The summed E-state index contributed by atoms with van der Waals surface area (Å²) in [5.74, 6) is 1.00. The number of aromatic nitrogens is 7. The summed E-state index contributed by atoms with van der Waals surface area (Å²) in [6, 6.07) is 0. The van der Waals surface area contributed by atoms with Crippen LogP contribution in [0.5, 0.6) is 5.88 Å². The Morgan fingerprint density at radius 2 is 2.17 bits per heavy atom. The van der Waals surface area contributed by atoms with Crippen molar-refractivity contribution >= 4 is 27.7 Å². The number of nitrogens with zero attached hydrogens (tertiary/aromatic N) is 6. The van der Waals surface area contributed by atoms with Crippen molar-refractivity contribution < 1.29 is 4.74 Å². The van der Waals surface area contributed by atoms with Crippen LogP contribution < -0.4 is 4.74 Å². The number of pyridine rings is 1. The predicted octanol–water partition coefficient (Wildman–Crippen LogP) is 0.557. The minimum atomic E-state index is 0.479. The molecule has 0 aliphatic rings. The molecule has 88 valence electrons. The van der Waals surface area contributed by atoms with Crippen LogP contribution in [0.25, 0.3) is 27.7 Å². The molecule has 0 aliphatic carbocycles. The zero-order valence-corrected chi connectivity index (χ0v) is 9.32. The number of hydrogen-bond acceptors (Lipinski definition) is 6. The van der Waals surface area contributed by atoms with Crippen LogP contribution in [0.1, 0.15) is 0 Å². The molecule has 0 aromatic carbocycles. The Morgan fingerprint density at radius 3 is 3.06 bits per heavy atom. The summed E-state index contributed by atoms with van der Waals surface area (Å²) >= 11 is 0. The molecule has 8 heteroatoms. The van der Waals surface area contributed by atoms with E-state index in [0.29, 0.717) is 17.3 Å². The van der Waals surface area contributed by atoms with Gasteiger partial charge in [0, 0.05) is 6.20 Å². The molecule has 0 radical (unpaired) electrons. The minimum absolute atomic E-state index is 0.479. The highest BCUT2D eigenvalue weighted by Crippen LogP contribution is 2.27. The van der Waals surface area contributed by atoms with Crippen molar-refractivity contribution in [2.45, 2.75) is 0 Å². The van der Waals surface area contributed by atoms with Gasteiger partial charge in [0.05, 0.1) is 29.6 Å². The Balaban J connectivity index is 2.39. The van der Waals surface area contributed by atoms with Crippen LogP contribution in [-0.4, -0.2) is 41.9 Å². The zero-order valence-electron chi connectivity index (χ0n) is 9.32. The molecule has 4 aromatic rings. The quantitative estimate of drug-likeness (QED) is 0.523. The third kappa shape index (κ3) is 1.01. The Labute approximate surface area is 99.6 Å². The molecule has 18 heavy (non-hydrogen) atoms. The van der Waals surface area contributed by atoms with Gasteiger partial charge < -0.3 is 4.74 Å². The molecule has 0 aliphatic heterocycles. The molecule has 1 N–H and O–H groups in total. The molecule has 4 aromatic heterocycles. The van der Waals surface area contributed by atoms with E-state index in [-0.39, 0.29) is 0 Å². The first kappa shape index (κ1) is 9.28. The number of nitrogens with one attached hydrogen (secondary N) is 1. The van der Waals surface area contributed by atoms with Crippen molar-refractivity contribution in [2.75, 3.05) is 7.11 Å². The number of ether oxygens (including phenoxy) is 1. The average molecular weight is 241 g/mol. The minimum Gasteiger partial charge on any atom is -0.480 e. The molecule has 0 fully saturated rings. The summed E-state index contributed by atoms with van der Waals surface area (Å²) in [6.07, 6.45) is 4.90. The lowest BCUT2D eigenvalue weighted by molar-refractivity contribution is 0.403. The molecule has 0 saturated heterocycles. The van der Waals surface area contributed by atoms with Crippen LogP contribution in [0.2, 0.25) is 0 Å². The second-order valence-corrected chi connectivity index (χ2v) is 3.75. The normalized spacial score (nSPS) is 11.6. The van der Waals surface area contributed by atoms with E-state index in [1.165, 1.54) is 0 Å².